The summed E-state index contributed by atoms with van der Waals surface area (Å²) in [4.78, 5) is 13.9. The summed E-state index contributed by atoms with van der Waals surface area (Å²) < 4.78 is 1.80. The summed E-state index contributed by atoms with van der Waals surface area (Å²) in [6.45, 7) is 0.514. The molecule has 3 rings (SSSR count). The van der Waals surface area contributed by atoms with Crippen LogP contribution in [0.15, 0.2) is 67.0 Å². The Labute approximate surface area is 152 Å². The molecule has 1 atom stereocenters. The first kappa shape index (κ1) is 17.4. The lowest BCUT2D eigenvalue weighted by Gasteiger charge is -2.25. The van der Waals surface area contributed by atoms with Gasteiger partial charge in [-0.05, 0) is 36.9 Å². The Morgan fingerprint density at radius 2 is 1.92 bits per heavy atom. The van der Waals surface area contributed by atoms with Crippen molar-refractivity contribution in [1.29, 1.82) is 5.26 Å². The molecule has 0 saturated heterocycles. The number of nitriles is 1. The van der Waals surface area contributed by atoms with Gasteiger partial charge in [0.2, 0.25) is 5.91 Å². The Kier molecular flexibility index (Phi) is 5.11. The number of amides is 1. The van der Waals surface area contributed by atoms with Crippen molar-refractivity contribution in [3.63, 3.8) is 0 Å². The molecule has 26 heavy (non-hydrogen) atoms. The van der Waals surface area contributed by atoms with Gasteiger partial charge in [0.05, 0.1) is 23.5 Å². The molecular weight excluding hydrogens is 326 g/mol. The molecule has 0 bridgehead atoms. The quantitative estimate of drug-likeness (QED) is 0.743. The Bertz CT molecular complexity index is 925. The number of nitrogens with two attached hydrogens (primary N) is 1. The number of carbonyl (C=O) groups is 1. The summed E-state index contributed by atoms with van der Waals surface area (Å²) in [5.74, 6) is -0.437. The third-order valence-electron chi connectivity index (χ3n) is 4.15. The van der Waals surface area contributed by atoms with Crippen LogP contribution in [0.5, 0.6) is 0 Å². The van der Waals surface area contributed by atoms with Gasteiger partial charge in [-0.2, -0.15) is 10.4 Å². The number of likely N-dealkylation sites (N-methyl/N-ethyl adjacent to an activating group) is 1. The molecule has 0 saturated carbocycles. The fourth-order valence-corrected chi connectivity index (χ4v) is 2.92. The first-order valence-corrected chi connectivity index (χ1v) is 8.17. The van der Waals surface area contributed by atoms with E-state index in [9.17, 15) is 4.79 Å². The second-order valence-corrected chi connectivity index (χ2v) is 6.08. The van der Waals surface area contributed by atoms with Crippen LogP contribution in [-0.2, 0) is 11.3 Å². The van der Waals surface area contributed by atoms with E-state index in [1.165, 1.54) is 0 Å². The Hall–Kier alpha value is -3.43. The van der Waals surface area contributed by atoms with Crippen LogP contribution < -0.4 is 5.73 Å². The largest absolute Gasteiger partial charge is 0.368 e. The zero-order valence-electron chi connectivity index (χ0n) is 14.4. The molecule has 6 nitrogen and oxygen atoms in total. The highest BCUT2D eigenvalue weighted by atomic mass is 16.1. The average molecular weight is 345 g/mol. The molecule has 0 spiro atoms. The van der Waals surface area contributed by atoms with Gasteiger partial charge in [0, 0.05) is 18.3 Å². The minimum absolute atomic E-state index is 0.437. The zero-order chi connectivity index (χ0) is 18.5. The molecule has 2 N–H and O–H groups in total. The van der Waals surface area contributed by atoms with Gasteiger partial charge >= 0.3 is 0 Å². The first-order chi connectivity index (χ1) is 12.6. The predicted octanol–water partition coefficient (Wildman–Crippen LogP) is 2.40. The Balaban J connectivity index is 1.78. The van der Waals surface area contributed by atoms with E-state index in [-0.39, 0.29) is 0 Å². The molecule has 3 aromatic rings. The molecule has 0 radical (unpaired) electrons. The number of carbonyl (C=O) groups excluding carboxylic acids is 1. The molecule has 0 aliphatic rings. The van der Waals surface area contributed by atoms with Gasteiger partial charge in [-0.15, -0.1) is 0 Å². The van der Waals surface area contributed by atoms with E-state index >= 15 is 0 Å². The highest BCUT2D eigenvalue weighted by molar-refractivity contribution is 5.81. The van der Waals surface area contributed by atoms with Gasteiger partial charge in [-0.25, -0.2) is 4.68 Å². The summed E-state index contributed by atoms with van der Waals surface area (Å²) in [7, 11) is 1.84. The van der Waals surface area contributed by atoms with Crippen molar-refractivity contribution in [3.8, 4) is 11.8 Å². The molecule has 1 unspecified atom stereocenters. The number of rotatable bonds is 6. The fraction of sp³-hybridized carbons (Fsp3) is 0.150. The van der Waals surface area contributed by atoms with Crippen molar-refractivity contribution in [2.75, 3.05) is 7.05 Å². The number of primary amides is 1. The standard InChI is InChI=1S/C20H19N5O/c1-24(19(20(22)26)17-9-7-15(11-21)8-10-17)13-16-12-23-25(14-16)18-5-3-2-4-6-18/h2-10,12,14,19H,13H2,1H3,(H2,22,26). The smallest absolute Gasteiger partial charge is 0.239 e. The fourth-order valence-electron chi connectivity index (χ4n) is 2.92. The van der Waals surface area contributed by atoms with Crippen molar-refractivity contribution >= 4 is 5.91 Å². The third kappa shape index (κ3) is 3.79. The minimum atomic E-state index is -0.581. The van der Waals surface area contributed by atoms with Gasteiger partial charge in [0.15, 0.2) is 0 Å². The highest BCUT2D eigenvalue weighted by Crippen LogP contribution is 2.22. The summed E-state index contributed by atoms with van der Waals surface area (Å²) in [6.07, 6.45) is 3.71. The van der Waals surface area contributed by atoms with E-state index in [0.29, 0.717) is 12.1 Å². The van der Waals surface area contributed by atoms with E-state index in [4.69, 9.17) is 11.0 Å². The van der Waals surface area contributed by atoms with Crippen LogP contribution in [-0.4, -0.2) is 27.6 Å². The average Bonchev–Trinajstić information content (AvgIpc) is 3.11. The van der Waals surface area contributed by atoms with Crippen LogP contribution >= 0.6 is 0 Å². The van der Waals surface area contributed by atoms with Gasteiger partial charge in [-0.1, -0.05) is 30.3 Å². The van der Waals surface area contributed by atoms with Crippen LogP contribution in [0.25, 0.3) is 5.69 Å². The van der Waals surface area contributed by atoms with Crippen molar-refractivity contribution in [2.24, 2.45) is 5.73 Å². The second kappa shape index (κ2) is 7.64. The number of benzene rings is 2. The summed E-state index contributed by atoms with van der Waals surface area (Å²) in [5.41, 5.74) is 8.87. The van der Waals surface area contributed by atoms with Crippen molar-refractivity contribution in [1.82, 2.24) is 14.7 Å². The molecule has 1 aromatic heterocycles. The first-order valence-electron chi connectivity index (χ1n) is 8.17. The van der Waals surface area contributed by atoms with Gasteiger partial charge in [0.1, 0.15) is 6.04 Å². The zero-order valence-corrected chi connectivity index (χ0v) is 14.4. The maximum Gasteiger partial charge on any atom is 0.239 e. The molecule has 1 amide bonds. The van der Waals surface area contributed by atoms with E-state index in [1.54, 1.807) is 35.1 Å². The lowest BCUT2D eigenvalue weighted by molar-refractivity contribution is -0.123. The molecule has 0 aliphatic heterocycles. The lowest BCUT2D eigenvalue weighted by atomic mass is 10.0. The molecular formula is C20H19N5O. The van der Waals surface area contributed by atoms with Gasteiger partial charge < -0.3 is 5.73 Å². The molecule has 1 heterocycles. The van der Waals surface area contributed by atoms with E-state index in [2.05, 4.69) is 11.2 Å². The summed E-state index contributed by atoms with van der Waals surface area (Å²) in [5, 5.41) is 13.3. The van der Waals surface area contributed by atoms with Crippen LogP contribution in [0.2, 0.25) is 0 Å². The van der Waals surface area contributed by atoms with Crippen molar-refractivity contribution < 1.29 is 4.79 Å². The summed E-state index contributed by atoms with van der Waals surface area (Å²) in [6, 6.07) is 18.2. The number of hydrogen-bond acceptors (Lipinski definition) is 4. The molecule has 0 aliphatic carbocycles. The van der Waals surface area contributed by atoms with Crippen molar-refractivity contribution in [3.05, 3.63) is 83.7 Å². The van der Waals surface area contributed by atoms with Crippen LogP contribution in [0, 0.1) is 11.3 Å². The third-order valence-corrected chi connectivity index (χ3v) is 4.15. The number of hydrogen-bond donors (Lipinski definition) is 1. The predicted molar refractivity (Wildman–Crippen MR) is 98.1 cm³/mol. The number of aromatic nitrogens is 2. The van der Waals surface area contributed by atoms with Crippen LogP contribution in [0.1, 0.15) is 22.7 Å². The molecule has 130 valence electrons. The van der Waals surface area contributed by atoms with E-state index in [0.717, 1.165) is 16.8 Å². The highest BCUT2D eigenvalue weighted by Gasteiger charge is 2.23. The summed E-state index contributed by atoms with van der Waals surface area (Å²) >= 11 is 0. The van der Waals surface area contributed by atoms with E-state index < -0.39 is 11.9 Å². The molecule has 6 heteroatoms. The maximum atomic E-state index is 12.0. The topological polar surface area (TPSA) is 87.9 Å². The van der Waals surface area contributed by atoms with Gasteiger partial charge in [0.25, 0.3) is 0 Å². The second-order valence-electron chi connectivity index (χ2n) is 6.08. The Morgan fingerprint density at radius 3 is 2.54 bits per heavy atom. The Morgan fingerprint density at radius 1 is 1.23 bits per heavy atom. The SMILES string of the molecule is CN(Cc1cnn(-c2ccccc2)c1)C(C(N)=O)c1ccc(C#N)cc1. The number of nitrogens with zero attached hydrogens (tertiary/aromatic N) is 4. The normalized spacial score (nSPS) is 11.9. The van der Waals surface area contributed by atoms with Crippen LogP contribution in [0.3, 0.4) is 0 Å². The molecule has 2 aromatic carbocycles. The monoisotopic (exact) mass is 345 g/mol. The van der Waals surface area contributed by atoms with Gasteiger partial charge in [-0.3, -0.25) is 9.69 Å². The number of para-hydroxylation sites is 1. The maximum absolute atomic E-state index is 12.0. The minimum Gasteiger partial charge on any atom is -0.368 e. The van der Waals surface area contributed by atoms with Crippen molar-refractivity contribution in [2.45, 2.75) is 12.6 Å². The lowest BCUT2D eigenvalue weighted by Crippen LogP contribution is -2.34. The molecule has 0 fully saturated rings. The van der Waals surface area contributed by atoms with E-state index in [1.807, 2.05) is 48.5 Å². The van der Waals surface area contributed by atoms with Crippen LogP contribution in [0.4, 0.5) is 0 Å².